The summed E-state index contributed by atoms with van der Waals surface area (Å²) in [4.78, 5) is 0. The minimum atomic E-state index is -2.11. The van der Waals surface area contributed by atoms with Gasteiger partial charge in [0.15, 0.2) is 25.0 Å². The van der Waals surface area contributed by atoms with Crippen LogP contribution in [0, 0.1) is 0 Å². The molecule has 0 saturated heterocycles. The molecule has 0 fully saturated rings. The number of rotatable bonds is 18. The highest BCUT2D eigenvalue weighted by atomic mass is 28.4. The van der Waals surface area contributed by atoms with Crippen LogP contribution in [0.2, 0.25) is 54.4 Å². The predicted octanol–water partition coefficient (Wildman–Crippen LogP) is 12.1. The average molecular weight is 709 g/mol. The molecule has 0 aliphatic carbocycles. The van der Waals surface area contributed by atoms with E-state index in [1.165, 1.54) is 11.1 Å². The minimum Gasteiger partial charge on any atom is -0.414 e. The lowest BCUT2D eigenvalue weighted by molar-refractivity contribution is -0.0959. The zero-order chi connectivity index (χ0) is 37.1. The van der Waals surface area contributed by atoms with E-state index in [1.807, 2.05) is 0 Å². The monoisotopic (exact) mass is 709 g/mol. The van der Waals surface area contributed by atoms with Gasteiger partial charge < -0.3 is 22.8 Å². The fourth-order valence-corrected chi connectivity index (χ4v) is 7.84. The van der Waals surface area contributed by atoms with Crippen LogP contribution in [0.1, 0.15) is 96.4 Å². The molecule has 5 nitrogen and oxygen atoms in total. The van der Waals surface area contributed by atoms with Crippen LogP contribution >= 0.6 is 0 Å². The zero-order valence-electron chi connectivity index (χ0n) is 34.4. The summed E-state index contributed by atoms with van der Waals surface area (Å²) in [5.41, 5.74) is 3.50. The summed E-state index contributed by atoms with van der Waals surface area (Å²) in [7, 11) is -4.12. The van der Waals surface area contributed by atoms with E-state index in [9.17, 15) is 0 Å². The summed E-state index contributed by atoms with van der Waals surface area (Å²) < 4.78 is 31.9. The standard InChI is InChI=1S/C39H76O5Si3/c1-31(27-32(2)25-22-26-42-45(15,16)37(5,6)7)23-21-24-33(3)28-35(41-30-40-14)36(44-47(19,20)39(11,12)13)29-34(4)43-46(17,18)38(8,9)10/h21-25,27-28,34-36H,26,29-30H2,1-20H3/b24-21+,25-22+,31-23+,32-27-,33-28+/t34-,35-,36-/m0/s1. The predicted molar refractivity (Wildman–Crippen MR) is 214 cm³/mol. The van der Waals surface area contributed by atoms with Crippen molar-refractivity contribution >= 4 is 25.0 Å². The number of hydrogen-bond acceptors (Lipinski definition) is 5. The third-order valence-electron chi connectivity index (χ3n) is 10.2. The van der Waals surface area contributed by atoms with Crippen molar-refractivity contribution < 1.29 is 22.8 Å². The normalized spacial score (nSPS) is 17.6. The largest absolute Gasteiger partial charge is 0.414 e. The molecule has 0 radical (unpaired) electrons. The van der Waals surface area contributed by atoms with E-state index >= 15 is 0 Å². The number of methoxy groups -OCH3 is 1. The van der Waals surface area contributed by atoms with Gasteiger partial charge in [0, 0.05) is 13.2 Å². The van der Waals surface area contributed by atoms with Crippen molar-refractivity contribution in [2.45, 2.75) is 169 Å². The van der Waals surface area contributed by atoms with Crippen LogP contribution in [0.25, 0.3) is 0 Å². The second kappa shape index (κ2) is 18.9. The van der Waals surface area contributed by atoms with Gasteiger partial charge in [0.1, 0.15) is 12.9 Å². The van der Waals surface area contributed by atoms with E-state index in [0.29, 0.717) is 6.61 Å². The fourth-order valence-electron chi connectivity index (χ4n) is 4.10. The Morgan fingerprint density at radius 3 is 1.68 bits per heavy atom. The average Bonchev–Trinajstić information content (AvgIpc) is 2.86. The van der Waals surface area contributed by atoms with Gasteiger partial charge in [-0.3, -0.25) is 0 Å². The molecule has 8 heteroatoms. The Morgan fingerprint density at radius 2 is 1.19 bits per heavy atom. The molecular formula is C39H76O5Si3. The summed E-state index contributed by atoms with van der Waals surface area (Å²) >= 11 is 0. The quantitative estimate of drug-likeness (QED) is 0.0806. The third kappa shape index (κ3) is 17.1. The molecule has 3 atom stereocenters. The molecule has 0 heterocycles. The molecule has 274 valence electrons. The molecule has 0 saturated carbocycles. The van der Waals surface area contributed by atoms with Gasteiger partial charge in [-0.25, -0.2) is 0 Å². The molecule has 0 aromatic rings. The van der Waals surface area contributed by atoms with E-state index in [-0.39, 0.29) is 40.2 Å². The number of hydrogen-bond donors (Lipinski definition) is 0. The van der Waals surface area contributed by atoms with Gasteiger partial charge in [-0.2, -0.15) is 0 Å². The zero-order valence-corrected chi connectivity index (χ0v) is 37.4. The van der Waals surface area contributed by atoms with Crippen molar-refractivity contribution in [1.29, 1.82) is 0 Å². The van der Waals surface area contributed by atoms with Crippen LogP contribution in [0.4, 0.5) is 0 Å². The van der Waals surface area contributed by atoms with Crippen molar-refractivity contribution in [3.8, 4) is 0 Å². The van der Waals surface area contributed by atoms with Crippen molar-refractivity contribution in [2.75, 3.05) is 20.5 Å². The van der Waals surface area contributed by atoms with Crippen molar-refractivity contribution in [3.05, 3.63) is 59.3 Å². The van der Waals surface area contributed by atoms with E-state index < -0.39 is 25.0 Å². The second-order valence-electron chi connectivity index (χ2n) is 17.9. The molecule has 0 aromatic carbocycles. The Morgan fingerprint density at radius 1 is 0.681 bits per heavy atom. The summed E-state index contributed by atoms with van der Waals surface area (Å²) in [6, 6.07) is 0. The summed E-state index contributed by atoms with van der Waals surface area (Å²) in [5.74, 6) is 0. The summed E-state index contributed by atoms with van der Waals surface area (Å²) in [5, 5.41) is 0.426. The van der Waals surface area contributed by atoms with E-state index in [1.54, 1.807) is 7.11 Å². The lowest BCUT2D eigenvalue weighted by atomic mass is 10.0. The first-order chi connectivity index (χ1) is 21.1. The van der Waals surface area contributed by atoms with Crippen molar-refractivity contribution in [3.63, 3.8) is 0 Å². The molecule has 0 aromatic heterocycles. The van der Waals surface area contributed by atoms with Gasteiger partial charge in [-0.15, -0.1) is 0 Å². The Bertz CT molecular complexity index is 1090. The fraction of sp³-hybridized carbons (Fsp3) is 0.744. The molecule has 0 rings (SSSR count). The summed E-state index contributed by atoms with van der Waals surface area (Å²) in [6.45, 7) is 43.8. The van der Waals surface area contributed by atoms with Crippen LogP contribution in [0.15, 0.2) is 59.3 Å². The lowest BCUT2D eigenvalue weighted by Crippen LogP contribution is -2.49. The van der Waals surface area contributed by atoms with Crippen molar-refractivity contribution in [2.24, 2.45) is 0 Å². The Hall–Kier alpha value is -0.849. The Balaban J connectivity index is 6.05. The van der Waals surface area contributed by atoms with Crippen LogP contribution in [0.5, 0.6) is 0 Å². The lowest BCUT2D eigenvalue weighted by Gasteiger charge is -2.43. The maximum atomic E-state index is 7.09. The number of ether oxygens (including phenoxy) is 2. The van der Waals surface area contributed by atoms with Crippen LogP contribution in [-0.2, 0) is 22.8 Å². The van der Waals surface area contributed by atoms with Gasteiger partial charge in [0.2, 0.25) is 0 Å². The first kappa shape index (κ1) is 46.2. The van der Waals surface area contributed by atoms with Gasteiger partial charge in [0.25, 0.3) is 0 Å². The van der Waals surface area contributed by atoms with Crippen LogP contribution < -0.4 is 0 Å². The molecule has 0 aliphatic heterocycles. The van der Waals surface area contributed by atoms with Crippen molar-refractivity contribution in [1.82, 2.24) is 0 Å². The maximum Gasteiger partial charge on any atom is 0.192 e. The Labute approximate surface area is 295 Å². The van der Waals surface area contributed by atoms with E-state index in [0.717, 1.165) is 12.0 Å². The van der Waals surface area contributed by atoms with Crippen LogP contribution in [-0.4, -0.2) is 63.8 Å². The molecule has 0 N–H and O–H groups in total. The molecule has 47 heavy (non-hydrogen) atoms. The van der Waals surface area contributed by atoms with E-state index in [2.05, 4.69) is 172 Å². The smallest absolute Gasteiger partial charge is 0.192 e. The SMILES string of the molecule is COCO[C@@H](/C=C(C)/C=C/C=C(C)/C=C(C)\C=C\CO[Si](C)(C)C(C)(C)C)[C@H](C[C@H](C)O[Si](C)(C)C(C)(C)C)O[Si](C)(C)C(C)(C)C. The second-order valence-corrected chi connectivity index (χ2v) is 32.2. The van der Waals surface area contributed by atoms with Gasteiger partial charge >= 0.3 is 0 Å². The number of allylic oxidation sites excluding steroid dienone is 8. The molecule has 0 bridgehead atoms. The van der Waals surface area contributed by atoms with Gasteiger partial charge in [-0.05, 0) is 88.5 Å². The highest BCUT2D eigenvalue weighted by molar-refractivity contribution is 6.75. The molecule has 0 aliphatic rings. The third-order valence-corrected chi connectivity index (χ3v) is 23.8. The molecular weight excluding hydrogens is 633 g/mol. The molecule has 0 spiro atoms. The molecule has 0 amide bonds. The first-order valence-corrected chi connectivity index (χ1v) is 26.3. The summed E-state index contributed by atoms with van der Waals surface area (Å²) in [6.07, 6.45) is 15.4. The van der Waals surface area contributed by atoms with Gasteiger partial charge in [-0.1, -0.05) is 122 Å². The minimum absolute atomic E-state index is 0.0387. The van der Waals surface area contributed by atoms with E-state index in [4.69, 9.17) is 22.8 Å². The maximum absolute atomic E-state index is 7.09. The first-order valence-electron chi connectivity index (χ1n) is 17.5. The van der Waals surface area contributed by atoms with Crippen LogP contribution in [0.3, 0.4) is 0 Å². The molecule has 0 unspecified atom stereocenters. The topological polar surface area (TPSA) is 46.2 Å². The van der Waals surface area contributed by atoms with Gasteiger partial charge in [0.05, 0.1) is 12.7 Å². The highest BCUT2D eigenvalue weighted by Crippen LogP contribution is 2.41. The highest BCUT2D eigenvalue weighted by Gasteiger charge is 2.43. The Kier molecular flexibility index (Phi) is 18.6.